The summed E-state index contributed by atoms with van der Waals surface area (Å²) in [6.45, 7) is 3.87. The lowest BCUT2D eigenvalue weighted by molar-refractivity contribution is 0.0892. The average molecular weight is 196 g/mol. The summed E-state index contributed by atoms with van der Waals surface area (Å²) in [7, 11) is 0. The zero-order valence-electron chi connectivity index (χ0n) is 8.45. The molecule has 1 unspecified atom stereocenters. The van der Waals surface area contributed by atoms with E-state index in [0.717, 1.165) is 0 Å². The molecule has 0 saturated heterocycles. The first kappa shape index (κ1) is 10.8. The van der Waals surface area contributed by atoms with Gasteiger partial charge >= 0.3 is 0 Å². The van der Waals surface area contributed by atoms with Crippen LogP contribution in [0.1, 0.15) is 24.3 Å². The Kier molecular flexibility index (Phi) is 3.71. The summed E-state index contributed by atoms with van der Waals surface area (Å²) in [5.41, 5.74) is 0.518. The summed E-state index contributed by atoms with van der Waals surface area (Å²) in [6, 6.07) is 3.27. The van der Waals surface area contributed by atoms with Crippen LogP contribution in [0.15, 0.2) is 18.3 Å². The fourth-order valence-corrected chi connectivity index (χ4v) is 1.14. The number of hydrogen-bond acceptors (Lipinski definition) is 2. The van der Waals surface area contributed by atoms with Crippen molar-refractivity contribution >= 4 is 5.91 Å². The molecule has 1 aromatic heterocycles. The number of aliphatic hydroxyl groups excluding tert-OH is 1. The average Bonchev–Trinajstić information content (AvgIpc) is 2.65. The van der Waals surface area contributed by atoms with Crippen molar-refractivity contribution in [3.8, 4) is 0 Å². The van der Waals surface area contributed by atoms with Crippen LogP contribution in [-0.2, 0) is 0 Å². The molecule has 14 heavy (non-hydrogen) atoms. The molecule has 3 N–H and O–H groups in total. The maximum atomic E-state index is 11.5. The molecule has 1 atom stereocenters. The first-order chi connectivity index (χ1) is 6.65. The molecule has 0 fully saturated rings. The fraction of sp³-hybridized carbons (Fsp3) is 0.500. The van der Waals surface area contributed by atoms with Crippen LogP contribution in [0.5, 0.6) is 0 Å². The van der Waals surface area contributed by atoms with Gasteiger partial charge in [-0.2, -0.15) is 0 Å². The van der Waals surface area contributed by atoms with E-state index >= 15 is 0 Å². The van der Waals surface area contributed by atoms with Crippen molar-refractivity contribution in [1.29, 1.82) is 0 Å². The van der Waals surface area contributed by atoms with Gasteiger partial charge in [0, 0.05) is 6.20 Å². The predicted octanol–water partition coefficient (Wildman–Crippen LogP) is 0.761. The second-order valence-corrected chi connectivity index (χ2v) is 3.59. The van der Waals surface area contributed by atoms with Gasteiger partial charge in [-0.3, -0.25) is 4.79 Å². The first-order valence-electron chi connectivity index (χ1n) is 4.70. The highest BCUT2D eigenvalue weighted by molar-refractivity contribution is 5.92. The minimum Gasteiger partial charge on any atom is -0.394 e. The largest absolute Gasteiger partial charge is 0.394 e. The van der Waals surface area contributed by atoms with E-state index in [9.17, 15) is 4.79 Å². The Bertz CT molecular complexity index is 280. The number of aromatic nitrogens is 1. The van der Waals surface area contributed by atoms with Gasteiger partial charge in [-0.25, -0.2) is 0 Å². The van der Waals surface area contributed by atoms with E-state index in [0.29, 0.717) is 5.69 Å². The van der Waals surface area contributed by atoms with Crippen LogP contribution in [0.4, 0.5) is 0 Å². The quantitative estimate of drug-likeness (QED) is 0.665. The Labute approximate surface area is 83.3 Å². The molecule has 0 saturated carbocycles. The summed E-state index contributed by atoms with van der Waals surface area (Å²) in [6.07, 6.45) is 1.69. The van der Waals surface area contributed by atoms with Crippen molar-refractivity contribution in [3.63, 3.8) is 0 Å². The Morgan fingerprint density at radius 2 is 2.36 bits per heavy atom. The molecule has 0 aliphatic heterocycles. The maximum absolute atomic E-state index is 11.5. The fourth-order valence-electron chi connectivity index (χ4n) is 1.14. The van der Waals surface area contributed by atoms with Crippen molar-refractivity contribution in [2.24, 2.45) is 5.92 Å². The number of aliphatic hydroxyl groups is 1. The number of rotatable bonds is 4. The molecule has 4 heteroatoms. The van der Waals surface area contributed by atoms with Crippen molar-refractivity contribution in [2.45, 2.75) is 19.9 Å². The smallest absolute Gasteiger partial charge is 0.267 e. The Balaban J connectivity index is 2.56. The Hall–Kier alpha value is -1.29. The normalized spacial score (nSPS) is 12.9. The van der Waals surface area contributed by atoms with Crippen LogP contribution in [-0.4, -0.2) is 28.6 Å². The van der Waals surface area contributed by atoms with Gasteiger partial charge in [0.25, 0.3) is 5.91 Å². The highest BCUT2D eigenvalue weighted by atomic mass is 16.3. The van der Waals surface area contributed by atoms with Crippen LogP contribution < -0.4 is 5.32 Å². The van der Waals surface area contributed by atoms with Gasteiger partial charge in [-0.1, -0.05) is 13.8 Å². The summed E-state index contributed by atoms with van der Waals surface area (Å²) in [5, 5.41) is 11.8. The zero-order chi connectivity index (χ0) is 10.6. The molecule has 1 rings (SSSR count). The summed E-state index contributed by atoms with van der Waals surface area (Å²) < 4.78 is 0. The first-order valence-corrected chi connectivity index (χ1v) is 4.70. The summed E-state index contributed by atoms with van der Waals surface area (Å²) in [4.78, 5) is 14.3. The highest BCUT2D eigenvalue weighted by Crippen LogP contribution is 2.02. The summed E-state index contributed by atoms with van der Waals surface area (Å²) >= 11 is 0. The molecule has 0 aliphatic rings. The Morgan fingerprint density at radius 1 is 1.64 bits per heavy atom. The van der Waals surface area contributed by atoms with E-state index in [1.807, 2.05) is 13.8 Å². The van der Waals surface area contributed by atoms with E-state index in [1.165, 1.54) is 0 Å². The van der Waals surface area contributed by atoms with Gasteiger partial charge in [0.15, 0.2) is 0 Å². The number of carbonyl (C=O) groups is 1. The Morgan fingerprint density at radius 3 is 2.79 bits per heavy atom. The standard InChI is InChI=1S/C10H16N2O2/c1-7(2)9(6-13)12-10(14)8-4-3-5-11-8/h3-5,7,9,11,13H,6H2,1-2H3,(H,12,14). The lowest BCUT2D eigenvalue weighted by atomic mass is 10.1. The summed E-state index contributed by atoms with van der Waals surface area (Å²) in [5.74, 6) is 0.0432. The van der Waals surface area contributed by atoms with Gasteiger partial charge in [-0.15, -0.1) is 0 Å². The monoisotopic (exact) mass is 196 g/mol. The minimum absolute atomic E-state index is 0.0376. The molecule has 1 aromatic rings. The van der Waals surface area contributed by atoms with E-state index in [1.54, 1.807) is 18.3 Å². The molecular weight excluding hydrogens is 180 g/mol. The molecule has 0 aromatic carbocycles. The van der Waals surface area contributed by atoms with Crippen molar-refractivity contribution in [1.82, 2.24) is 10.3 Å². The number of hydrogen-bond donors (Lipinski definition) is 3. The van der Waals surface area contributed by atoms with Crippen molar-refractivity contribution in [2.75, 3.05) is 6.61 Å². The molecule has 1 heterocycles. The predicted molar refractivity (Wildman–Crippen MR) is 54.0 cm³/mol. The van der Waals surface area contributed by atoms with Crippen LogP contribution >= 0.6 is 0 Å². The molecule has 4 nitrogen and oxygen atoms in total. The van der Waals surface area contributed by atoms with Crippen LogP contribution in [0, 0.1) is 5.92 Å². The third kappa shape index (κ3) is 2.60. The second-order valence-electron chi connectivity index (χ2n) is 3.59. The lowest BCUT2D eigenvalue weighted by Crippen LogP contribution is -2.41. The van der Waals surface area contributed by atoms with Crippen LogP contribution in [0.25, 0.3) is 0 Å². The van der Waals surface area contributed by atoms with Gasteiger partial charge < -0.3 is 15.4 Å². The minimum atomic E-state index is -0.189. The molecule has 0 spiro atoms. The molecule has 0 bridgehead atoms. The van der Waals surface area contributed by atoms with E-state index in [4.69, 9.17) is 5.11 Å². The van der Waals surface area contributed by atoms with Crippen molar-refractivity contribution < 1.29 is 9.90 Å². The third-order valence-electron chi connectivity index (χ3n) is 2.16. The van der Waals surface area contributed by atoms with Gasteiger partial charge in [0.2, 0.25) is 0 Å². The van der Waals surface area contributed by atoms with Crippen molar-refractivity contribution in [3.05, 3.63) is 24.0 Å². The number of amides is 1. The third-order valence-corrected chi connectivity index (χ3v) is 2.16. The number of carbonyl (C=O) groups excluding carboxylic acids is 1. The molecule has 0 aliphatic carbocycles. The van der Waals surface area contributed by atoms with Crippen LogP contribution in [0.3, 0.4) is 0 Å². The van der Waals surface area contributed by atoms with Gasteiger partial charge in [0.05, 0.1) is 12.6 Å². The SMILES string of the molecule is CC(C)C(CO)NC(=O)c1ccc[nH]1. The number of aromatic amines is 1. The molecule has 0 radical (unpaired) electrons. The molecular formula is C10H16N2O2. The van der Waals surface area contributed by atoms with E-state index in [2.05, 4.69) is 10.3 Å². The highest BCUT2D eigenvalue weighted by Gasteiger charge is 2.16. The van der Waals surface area contributed by atoms with Gasteiger partial charge in [-0.05, 0) is 18.1 Å². The maximum Gasteiger partial charge on any atom is 0.267 e. The topological polar surface area (TPSA) is 65.1 Å². The number of H-pyrrole nitrogens is 1. The lowest BCUT2D eigenvalue weighted by Gasteiger charge is -2.19. The second kappa shape index (κ2) is 4.81. The molecule has 1 amide bonds. The van der Waals surface area contributed by atoms with Crippen LogP contribution in [0.2, 0.25) is 0 Å². The van der Waals surface area contributed by atoms with E-state index in [-0.39, 0.29) is 24.5 Å². The number of nitrogens with one attached hydrogen (secondary N) is 2. The molecule has 78 valence electrons. The van der Waals surface area contributed by atoms with Gasteiger partial charge in [0.1, 0.15) is 5.69 Å². The van der Waals surface area contributed by atoms with E-state index < -0.39 is 0 Å². The zero-order valence-corrected chi connectivity index (χ0v) is 8.45.